The van der Waals surface area contributed by atoms with Crippen LogP contribution in [0.5, 0.6) is 0 Å². The third kappa shape index (κ3) is 2.79. The molecule has 1 unspecified atom stereocenters. The van der Waals surface area contributed by atoms with E-state index in [9.17, 15) is 9.59 Å². The van der Waals surface area contributed by atoms with Crippen LogP contribution in [0.15, 0.2) is 30.3 Å². The quantitative estimate of drug-likeness (QED) is 0.671. The van der Waals surface area contributed by atoms with E-state index in [4.69, 9.17) is 5.11 Å². The lowest BCUT2D eigenvalue weighted by atomic mass is 10.2. The fourth-order valence-corrected chi connectivity index (χ4v) is 1.24. The number of aliphatic carboxylic acids is 1. The average Bonchev–Trinajstić information content (AvgIpc) is 2.27. The van der Waals surface area contributed by atoms with Crippen LogP contribution in [0.4, 0.5) is 0 Å². The molecule has 0 bridgehead atoms. The fraction of sp³-hybridized carbons (Fsp3) is 0.200. The minimum absolute atomic E-state index is 0.333. The molecule has 1 N–H and O–H groups in total. The smallest absolute Gasteiger partial charge is 0.337 e. The number of amides is 1. The molecule has 1 atom stereocenters. The van der Waals surface area contributed by atoms with Gasteiger partial charge in [-0.2, -0.15) is 0 Å². The van der Waals surface area contributed by atoms with E-state index in [0.29, 0.717) is 5.56 Å². The average molecular weight is 272 g/mol. The first-order chi connectivity index (χ1) is 7.04. The van der Waals surface area contributed by atoms with Gasteiger partial charge in [0.25, 0.3) is 5.91 Å². The van der Waals surface area contributed by atoms with Crippen molar-refractivity contribution in [1.29, 1.82) is 0 Å². The van der Waals surface area contributed by atoms with Crippen molar-refractivity contribution in [3.05, 3.63) is 35.9 Å². The zero-order valence-corrected chi connectivity index (χ0v) is 9.64. The molecule has 0 spiro atoms. The number of hydrogen-bond donors (Lipinski definition) is 1. The summed E-state index contributed by atoms with van der Waals surface area (Å²) in [7, 11) is 1.43. The monoisotopic (exact) mass is 271 g/mol. The van der Waals surface area contributed by atoms with E-state index < -0.39 is 10.9 Å². The van der Waals surface area contributed by atoms with E-state index in [2.05, 4.69) is 15.9 Å². The summed E-state index contributed by atoms with van der Waals surface area (Å²) in [4.78, 5) is 22.5. The summed E-state index contributed by atoms with van der Waals surface area (Å²) in [5.74, 6) is -1.43. The van der Waals surface area contributed by atoms with Crippen LogP contribution in [0, 0.1) is 0 Å². The van der Waals surface area contributed by atoms with Crippen LogP contribution in [0.3, 0.4) is 0 Å². The molecule has 0 saturated carbocycles. The molecule has 1 aromatic rings. The molecule has 0 heterocycles. The minimum atomic E-state index is -1.10. The first kappa shape index (κ1) is 11.7. The van der Waals surface area contributed by atoms with E-state index in [1.165, 1.54) is 7.05 Å². The van der Waals surface area contributed by atoms with Crippen molar-refractivity contribution in [2.75, 3.05) is 7.05 Å². The third-order valence-corrected chi connectivity index (χ3v) is 2.89. The number of nitrogens with zero attached hydrogens (tertiary/aromatic N) is 1. The lowest BCUT2D eigenvalue weighted by molar-refractivity contribution is -0.138. The second kappa shape index (κ2) is 4.93. The maximum absolute atomic E-state index is 11.7. The van der Waals surface area contributed by atoms with E-state index in [1.807, 2.05) is 0 Å². The second-order valence-electron chi connectivity index (χ2n) is 2.96. The second-order valence-corrected chi connectivity index (χ2v) is 3.82. The number of halogens is 1. The first-order valence-electron chi connectivity index (χ1n) is 4.23. The summed E-state index contributed by atoms with van der Waals surface area (Å²) in [6, 6.07) is 8.52. The molecular weight excluding hydrogens is 262 g/mol. The highest BCUT2D eigenvalue weighted by Gasteiger charge is 2.23. The number of rotatable bonds is 3. The number of benzene rings is 1. The molecule has 0 aromatic heterocycles. The predicted octanol–water partition coefficient (Wildman–Crippen LogP) is 1.56. The Kier molecular flexibility index (Phi) is 3.85. The number of hydrogen-bond acceptors (Lipinski definition) is 2. The van der Waals surface area contributed by atoms with Gasteiger partial charge in [0.2, 0.25) is 0 Å². The highest BCUT2D eigenvalue weighted by Crippen LogP contribution is 2.10. The van der Waals surface area contributed by atoms with Crippen molar-refractivity contribution in [1.82, 2.24) is 4.90 Å². The zero-order chi connectivity index (χ0) is 11.4. The molecule has 1 rings (SSSR count). The number of alkyl halides is 1. The molecule has 5 heteroatoms. The Bertz CT molecular complexity index is 366. The van der Waals surface area contributed by atoms with Crippen molar-refractivity contribution >= 4 is 27.8 Å². The summed E-state index contributed by atoms with van der Waals surface area (Å²) in [5.41, 5.74) is 0.464. The van der Waals surface area contributed by atoms with Gasteiger partial charge in [-0.05, 0) is 12.1 Å². The normalized spacial score (nSPS) is 11.9. The van der Waals surface area contributed by atoms with E-state index in [-0.39, 0.29) is 5.91 Å². The van der Waals surface area contributed by atoms with Crippen LogP contribution in [0.25, 0.3) is 0 Å². The van der Waals surface area contributed by atoms with Crippen LogP contribution >= 0.6 is 15.9 Å². The SMILES string of the molecule is CN(C(=O)c1ccccc1)C(Br)C(=O)O. The lowest BCUT2D eigenvalue weighted by Gasteiger charge is -2.19. The summed E-state index contributed by atoms with van der Waals surface area (Å²) in [5, 5.41) is 8.71. The van der Waals surface area contributed by atoms with Crippen LogP contribution in [-0.2, 0) is 4.79 Å². The lowest BCUT2D eigenvalue weighted by Crippen LogP contribution is -2.38. The standard InChI is InChI=1S/C10H10BrNO3/c1-12(8(11)10(14)15)9(13)7-5-3-2-4-6-7/h2-6,8H,1H3,(H,14,15). The molecule has 0 aliphatic heterocycles. The highest BCUT2D eigenvalue weighted by atomic mass is 79.9. The number of carboxylic acid groups (broad SMARTS) is 1. The number of carbonyl (C=O) groups excluding carboxylic acids is 1. The molecule has 0 aliphatic carbocycles. The minimum Gasteiger partial charge on any atom is -0.479 e. The van der Waals surface area contributed by atoms with Gasteiger partial charge in [0.05, 0.1) is 0 Å². The van der Waals surface area contributed by atoms with Crippen molar-refractivity contribution in [3.8, 4) is 0 Å². The van der Waals surface area contributed by atoms with Crippen LogP contribution < -0.4 is 0 Å². The molecule has 0 saturated heterocycles. The first-order valence-corrected chi connectivity index (χ1v) is 5.14. The number of carbonyl (C=O) groups is 2. The van der Waals surface area contributed by atoms with Gasteiger partial charge < -0.3 is 10.0 Å². The van der Waals surface area contributed by atoms with Gasteiger partial charge in [-0.25, -0.2) is 4.79 Å². The number of carboxylic acids is 1. The molecule has 80 valence electrons. The van der Waals surface area contributed by atoms with Crippen LogP contribution in [0.2, 0.25) is 0 Å². The Morgan fingerprint density at radius 2 is 1.87 bits per heavy atom. The Balaban J connectivity index is 2.82. The van der Waals surface area contributed by atoms with Gasteiger partial charge in [0.1, 0.15) is 0 Å². The molecule has 1 aromatic carbocycles. The molecule has 0 radical (unpaired) electrons. The zero-order valence-electron chi connectivity index (χ0n) is 8.05. The Labute approximate surface area is 95.6 Å². The van der Waals surface area contributed by atoms with Crippen molar-refractivity contribution < 1.29 is 14.7 Å². The van der Waals surface area contributed by atoms with E-state index >= 15 is 0 Å². The molecule has 4 nitrogen and oxygen atoms in total. The maximum atomic E-state index is 11.7. The van der Waals surface area contributed by atoms with Crippen LogP contribution in [-0.4, -0.2) is 33.9 Å². The van der Waals surface area contributed by atoms with Gasteiger partial charge >= 0.3 is 5.97 Å². The third-order valence-electron chi connectivity index (χ3n) is 1.88. The molecule has 0 fully saturated rings. The Morgan fingerprint density at radius 3 is 2.33 bits per heavy atom. The summed E-state index contributed by atoms with van der Waals surface area (Å²) >= 11 is 2.91. The van der Waals surface area contributed by atoms with Crippen molar-refractivity contribution in [2.45, 2.75) is 4.95 Å². The number of likely N-dealkylation sites (N-methyl/N-ethyl adjacent to an activating group) is 1. The van der Waals surface area contributed by atoms with Gasteiger partial charge in [0.15, 0.2) is 4.95 Å². The van der Waals surface area contributed by atoms with Crippen molar-refractivity contribution in [3.63, 3.8) is 0 Å². The highest BCUT2D eigenvalue weighted by molar-refractivity contribution is 9.09. The van der Waals surface area contributed by atoms with E-state index in [1.54, 1.807) is 30.3 Å². The van der Waals surface area contributed by atoms with Crippen LogP contribution in [0.1, 0.15) is 10.4 Å². The van der Waals surface area contributed by atoms with Gasteiger partial charge in [0, 0.05) is 12.6 Å². The van der Waals surface area contributed by atoms with Crippen molar-refractivity contribution in [2.24, 2.45) is 0 Å². The summed E-state index contributed by atoms with van der Waals surface area (Å²) < 4.78 is 0. The van der Waals surface area contributed by atoms with Gasteiger partial charge in [-0.15, -0.1) is 0 Å². The topological polar surface area (TPSA) is 57.6 Å². The Morgan fingerprint density at radius 1 is 1.33 bits per heavy atom. The molecule has 15 heavy (non-hydrogen) atoms. The van der Waals surface area contributed by atoms with Gasteiger partial charge in [-0.3, -0.25) is 4.79 Å². The summed E-state index contributed by atoms with van der Waals surface area (Å²) in [6.45, 7) is 0. The van der Waals surface area contributed by atoms with E-state index in [0.717, 1.165) is 4.90 Å². The van der Waals surface area contributed by atoms with Gasteiger partial charge in [-0.1, -0.05) is 34.1 Å². The summed E-state index contributed by atoms with van der Waals surface area (Å²) in [6.07, 6.45) is 0. The maximum Gasteiger partial charge on any atom is 0.337 e. The largest absolute Gasteiger partial charge is 0.479 e. The molecule has 1 amide bonds. The molecular formula is C10H10BrNO3. The predicted molar refractivity (Wildman–Crippen MR) is 58.9 cm³/mol. The Hall–Kier alpha value is -1.36. The fourth-order valence-electron chi connectivity index (χ4n) is 1.05. The molecule has 0 aliphatic rings.